The fourth-order valence-corrected chi connectivity index (χ4v) is 4.95. The first kappa shape index (κ1) is 22.0. The molecule has 0 bridgehead atoms. The molecule has 5 nitrogen and oxygen atoms in total. The molecule has 2 aromatic carbocycles. The molecule has 4 rings (SSSR count). The Balaban J connectivity index is 1.68. The molecule has 0 N–H and O–H groups in total. The molecule has 32 heavy (non-hydrogen) atoms. The van der Waals surface area contributed by atoms with Crippen LogP contribution < -0.4 is 9.54 Å². The number of thiophene rings is 1. The third-order valence-corrected chi connectivity index (χ3v) is 6.75. The van der Waals surface area contributed by atoms with E-state index >= 15 is 0 Å². The zero-order valence-corrected chi connectivity index (χ0v) is 19.6. The lowest BCUT2D eigenvalue weighted by atomic mass is 10.1. The van der Waals surface area contributed by atoms with Gasteiger partial charge < -0.3 is 14.0 Å². The largest absolute Gasteiger partial charge is 0.497 e. The van der Waals surface area contributed by atoms with E-state index in [2.05, 4.69) is 39.6 Å². The van der Waals surface area contributed by atoms with Gasteiger partial charge in [-0.2, -0.15) is 0 Å². The van der Waals surface area contributed by atoms with E-state index in [0.717, 1.165) is 40.5 Å². The van der Waals surface area contributed by atoms with Crippen LogP contribution in [0.25, 0.3) is 11.3 Å². The van der Waals surface area contributed by atoms with Crippen LogP contribution in [0.1, 0.15) is 22.2 Å². The minimum absolute atomic E-state index is 0.317. The van der Waals surface area contributed by atoms with Gasteiger partial charge >= 0.3 is 5.97 Å². The second kappa shape index (κ2) is 10.4. The van der Waals surface area contributed by atoms with Gasteiger partial charge in [0.1, 0.15) is 5.75 Å². The molecule has 0 aliphatic rings. The molecule has 0 saturated carbocycles. The van der Waals surface area contributed by atoms with E-state index in [1.54, 1.807) is 48.8 Å². The Morgan fingerprint density at radius 2 is 1.81 bits per heavy atom. The molecule has 0 fully saturated rings. The normalized spacial score (nSPS) is 11.5. The summed E-state index contributed by atoms with van der Waals surface area (Å²) in [6, 6.07) is 19.5. The van der Waals surface area contributed by atoms with Gasteiger partial charge in [0.05, 0.1) is 30.7 Å². The molecular weight excluding hydrogens is 440 g/mol. The van der Waals surface area contributed by atoms with Crippen molar-refractivity contribution in [1.29, 1.82) is 0 Å². The first-order chi connectivity index (χ1) is 15.7. The lowest BCUT2D eigenvalue weighted by Crippen LogP contribution is -2.17. The number of aromatic nitrogens is 1. The summed E-state index contributed by atoms with van der Waals surface area (Å²) in [4.78, 5) is 19.0. The predicted octanol–water partition coefficient (Wildman–Crippen LogP) is 5.94. The number of esters is 1. The number of nitrogens with zero attached hydrogens (tertiary/aromatic N) is 2. The third-order valence-electron chi connectivity index (χ3n) is 4.95. The molecule has 4 aromatic rings. The van der Waals surface area contributed by atoms with Gasteiger partial charge in [-0.1, -0.05) is 6.07 Å². The number of methoxy groups -OCH3 is 1. The van der Waals surface area contributed by atoms with Crippen molar-refractivity contribution in [2.45, 2.75) is 19.9 Å². The smallest absolute Gasteiger partial charge is 0.338 e. The van der Waals surface area contributed by atoms with Crippen molar-refractivity contribution < 1.29 is 14.3 Å². The quantitative estimate of drug-likeness (QED) is 0.303. The topological polar surface area (TPSA) is 52.8 Å². The number of hydrogen-bond donors (Lipinski definition) is 0. The second-order valence-electron chi connectivity index (χ2n) is 6.99. The van der Waals surface area contributed by atoms with Gasteiger partial charge in [0, 0.05) is 16.8 Å². The van der Waals surface area contributed by atoms with Crippen LogP contribution in [0.3, 0.4) is 0 Å². The second-order valence-corrected chi connectivity index (χ2v) is 8.86. The van der Waals surface area contributed by atoms with Crippen molar-refractivity contribution in [1.82, 2.24) is 4.57 Å². The van der Waals surface area contributed by atoms with Crippen LogP contribution in [0, 0.1) is 0 Å². The minimum atomic E-state index is -0.317. The van der Waals surface area contributed by atoms with Crippen molar-refractivity contribution in [2.24, 2.45) is 4.99 Å². The summed E-state index contributed by atoms with van der Waals surface area (Å²) < 4.78 is 12.6. The molecule has 0 spiro atoms. The molecule has 0 unspecified atom stereocenters. The van der Waals surface area contributed by atoms with Gasteiger partial charge in [-0.05, 0) is 78.9 Å². The fourth-order valence-electron chi connectivity index (χ4n) is 3.30. The molecule has 2 heterocycles. The number of carbonyl (C=O) groups excluding carboxylic acids is 1. The van der Waals surface area contributed by atoms with E-state index in [1.165, 1.54) is 4.88 Å². The number of rotatable bonds is 8. The summed E-state index contributed by atoms with van der Waals surface area (Å²) in [6.45, 7) is 2.98. The summed E-state index contributed by atoms with van der Waals surface area (Å²) >= 11 is 3.38. The van der Waals surface area contributed by atoms with E-state index < -0.39 is 0 Å². The van der Waals surface area contributed by atoms with Gasteiger partial charge in [-0.25, -0.2) is 9.79 Å². The van der Waals surface area contributed by atoms with Crippen molar-refractivity contribution in [3.8, 4) is 17.0 Å². The van der Waals surface area contributed by atoms with E-state index in [0.29, 0.717) is 12.2 Å². The Morgan fingerprint density at radius 1 is 1.03 bits per heavy atom. The maximum atomic E-state index is 11.9. The summed E-state index contributed by atoms with van der Waals surface area (Å²) in [5.74, 6) is 0.517. The third kappa shape index (κ3) is 5.18. The monoisotopic (exact) mass is 464 g/mol. The lowest BCUT2D eigenvalue weighted by Gasteiger charge is -2.09. The first-order valence-electron chi connectivity index (χ1n) is 10.3. The number of aryl methyl sites for hydroxylation is 1. The van der Waals surface area contributed by atoms with Gasteiger partial charge in [-0.3, -0.25) is 0 Å². The molecule has 0 amide bonds. The summed E-state index contributed by atoms with van der Waals surface area (Å²) in [5.41, 5.74) is 3.57. The maximum Gasteiger partial charge on any atom is 0.338 e. The van der Waals surface area contributed by atoms with Gasteiger partial charge in [0.25, 0.3) is 0 Å². The number of thiazole rings is 1. The van der Waals surface area contributed by atoms with Crippen LogP contribution in [0.4, 0.5) is 5.69 Å². The summed E-state index contributed by atoms with van der Waals surface area (Å²) in [7, 11) is 1.67. The van der Waals surface area contributed by atoms with Gasteiger partial charge in [0.2, 0.25) is 0 Å². The van der Waals surface area contributed by atoms with E-state index in [4.69, 9.17) is 14.5 Å². The fraction of sp³-hybridized carbons (Fsp3) is 0.200. The average molecular weight is 465 g/mol. The molecule has 164 valence electrons. The minimum Gasteiger partial charge on any atom is -0.497 e. The standard InChI is InChI=1S/C25H24N2O3S2/c1-3-30-24(28)19-6-10-20(11-7-19)26-25-27(15-14-22-5-4-16-31-22)23(17-32-25)18-8-12-21(29-2)13-9-18/h4-13,16-17H,3,14-15H2,1-2H3. The summed E-state index contributed by atoms with van der Waals surface area (Å²) in [6.07, 6.45) is 0.937. The van der Waals surface area contributed by atoms with Crippen LogP contribution in [-0.4, -0.2) is 24.3 Å². The number of carbonyl (C=O) groups is 1. The highest BCUT2D eigenvalue weighted by Crippen LogP contribution is 2.24. The first-order valence-corrected chi connectivity index (χ1v) is 12.1. The van der Waals surface area contributed by atoms with E-state index in [9.17, 15) is 4.79 Å². The average Bonchev–Trinajstić information content (AvgIpc) is 3.48. The highest BCUT2D eigenvalue weighted by atomic mass is 32.1. The van der Waals surface area contributed by atoms with Gasteiger partial charge in [0.15, 0.2) is 4.80 Å². The highest BCUT2D eigenvalue weighted by molar-refractivity contribution is 7.09. The van der Waals surface area contributed by atoms with Gasteiger partial charge in [-0.15, -0.1) is 22.7 Å². The Morgan fingerprint density at radius 3 is 2.47 bits per heavy atom. The molecule has 0 aliphatic heterocycles. The zero-order valence-electron chi connectivity index (χ0n) is 18.0. The molecule has 0 radical (unpaired) electrons. The lowest BCUT2D eigenvalue weighted by molar-refractivity contribution is 0.0526. The van der Waals surface area contributed by atoms with Crippen molar-refractivity contribution in [2.75, 3.05) is 13.7 Å². The van der Waals surface area contributed by atoms with Crippen molar-refractivity contribution in [3.63, 3.8) is 0 Å². The molecule has 2 aromatic heterocycles. The number of hydrogen-bond acceptors (Lipinski definition) is 6. The molecule has 0 aliphatic carbocycles. The molecule has 7 heteroatoms. The predicted molar refractivity (Wildman–Crippen MR) is 130 cm³/mol. The van der Waals surface area contributed by atoms with Crippen LogP contribution in [0.2, 0.25) is 0 Å². The summed E-state index contributed by atoms with van der Waals surface area (Å²) in [5, 5.41) is 4.25. The van der Waals surface area contributed by atoms with Crippen LogP contribution in [0.15, 0.2) is 76.4 Å². The van der Waals surface area contributed by atoms with Crippen LogP contribution in [-0.2, 0) is 17.7 Å². The Kier molecular flexibility index (Phi) is 7.19. The Labute approximate surface area is 195 Å². The molecule has 0 saturated heterocycles. The Hall–Kier alpha value is -3.16. The molecular formula is C25H24N2O3S2. The SMILES string of the molecule is CCOC(=O)c1ccc(N=c2scc(-c3ccc(OC)cc3)n2CCc2cccs2)cc1. The maximum absolute atomic E-state index is 11.9. The number of benzene rings is 2. The highest BCUT2D eigenvalue weighted by Gasteiger charge is 2.10. The van der Waals surface area contributed by atoms with Crippen LogP contribution >= 0.6 is 22.7 Å². The number of ether oxygens (including phenoxy) is 2. The Bertz CT molecular complexity index is 1220. The zero-order chi connectivity index (χ0) is 22.3. The van der Waals surface area contributed by atoms with Crippen LogP contribution in [0.5, 0.6) is 5.75 Å². The van der Waals surface area contributed by atoms with Crippen molar-refractivity contribution in [3.05, 3.63) is 86.7 Å². The van der Waals surface area contributed by atoms with Crippen molar-refractivity contribution >= 4 is 34.3 Å². The van der Waals surface area contributed by atoms with E-state index in [-0.39, 0.29) is 5.97 Å². The van der Waals surface area contributed by atoms with E-state index in [1.807, 2.05) is 24.3 Å². The molecule has 0 atom stereocenters.